The molecule has 102 valence electrons. The van der Waals surface area contributed by atoms with Gasteiger partial charge in [-0.25, -0.2) is 4.99 Å². The van der Waals surface area contributed by atoms with E-state index in [0.717, 1.165) is 48.8 Å². The maximum atomic E-state index is 5.37. The van der Waals surface area contributed by atoms with Gasteiger partial charge in [0.05, 0.1) is 13.2 Å². The van der Waals surface area contributed by atoms with Crippen molar-refractivity contribution in [3.8, 4) is 0 Å². The number of allylic oxidation sites excluding steroid dienone is 2. The average Bonchev–Trinajstić information content (AvgIpc) is 2.82. The van der Waals surface area contributed by atoms with Gasteiger partial charge in [-0.1, -0.05) is 6.58 Å². The minimum Gasteiger partial charge on any atom is -0.378 e. The molecule has 1 N–H and O–H groups in total. The monoisotopic (exact) mass is 259 g/mol. The van der Waals surface area contributed by atoms with Crippen molar-refractivity contribution in [1.29, 1.82) is 0 Å². The molecule has 2 rings (SSSR count). The first-order valence-electron chi connectivity index (χ1n) is 6.48. The van der Waals surface area contributed by atoms with E-state index < -0.39 is 0 Å². The summed E-state index contributed by atoms with van der Waals surface area (Å²) < 4.78 is 5.37. The quantitative estimate of drug-likeness (QED) is 0.844. The van der Waals surface area contributed by atoms with Crippen molar-refractivity contribution in [2.24, 2.45) is 4.99 Å². The normalized spacial score (nSPS) is 16.5. The standard InChI is InChI=1S/C15H21N3O/c1-11(2)14-10-17-15(16-4)13(14)9-12(3)18-5-7-19-8-6-18/h9-10,17H,1,4-8H2,2-3H3/b12-9+. The van der Waals surface area contributed by atoms with E-state index in [1.165, 1.54) is 5.70 Å². The SMILES string of the molecule is C=Nc1[nH]cc(C(=C)C)c1/C=C(\C)N1CCOCC1. The molecule has 0 spiro atoms. The van der Waals surface area contributed by atoms with Crippen molar-refractivity contribution < 1.29 is 4.74 Å². The number of aromatic amines is 1. The molecule has 0 atom stereocenters. The van der Waals surface area contributed by atoms with Crippen LogP contribution in [0.4, 0.5) is 5.82 Å². The number of ether oxygens (including phenoxy) is 1. The molecule has 1 aliphatic rings. The third-order valence-electron chi connectivity index (χ3n) is 3.38. The van der Waals surface area contributed by atoms with Crippen LogP contribution in [0.5, 0.6) is 0 Å². The summed E-state index contributed by atoms with van der Waals surface area (Å²) >= 11 is 0. The highest BCUT2D eigenvalue weighted by Gasteiger charge is 2.13. The highest BCUT2D eigenvalue weighted by molar-refractivity contribution is 5.78. The summed E-state index contributed by atoms with van der Waals surface area (Å²) in [5.74, 6) is 0.797. The molecule has 19 heavy (non-hydrogen) atoms. The Bertz CT molecular complexity index is 507. The second-order valence-corrected chi connectivity index (χ2v) is 4.79. The molecule has 2 heterocycles. The number of aliphatic imine (C=N–C) groups is 1. The lowest BCUT2D eigenvalue weighted by Crippen LogP contribution is -2.34. The maximum absolute atomic E-state index is 5.37. The molecule has 4 nitrogen and oxygen atoms in total. The summed E-state index contributed by atoms with van der Waals surface area (Å²) in [6.45, 7) is 15.2. The van der Waals surface area contributed by atoms with Crippen molar-refractivity contribution >= 4 is 24.2 Å². The Morgan fingerprint density at radius 1 is 1.42 bits per heavy atom. The Morgan fingerprint density at radius 2 is 2.11 bits per heavy atom. The third kappa shape index (κ3) is 2.96. The van der Waals surface area contributed by atoms with Crippen LogP contribution in [-0.2, 0) is 4.74 Å². The zero-order valence-electron chi connectivity index (χ0n) is 11.7. The van der Waals surface area contributed by atoms with Gasteiger partial charge in [0.15, 0.2) is 0 Å². The van der Waals surface area contributed by atoms with Gasteiger partial charge in [0.25, 0.3) is 0 Å². The van der Waals surface area contributed by atoms with E-state index in [0.29, 0.717) is 0 Å². The second kappa shape index (κ2) is 5.89. The lowest BCUT2D eigenvalue weighted by atomic mass is 10.1. The number of hydrogen-bond donors (Lipinski definition) is 1. The molecule has 0 radical (unpaired) electrons. The van der Waals surface area contributed by atoms with Crippen molar-refractivity contribution in [1.82, 2.24) is 9.88 Å². The highest BCUT2D eigenvalue weighted by Crippen LogP contribution is 2.29. The fourth-order valence-electron chi connectivity index (χ4n) is 2.27. The van der Waals surface area contributed by atoms with Crippen LogP contribution >= 0.6 is 0 Å². The van der Waals surface area contributed by atoms with Crippen LogP contribution in [0.2, 0.25) is 0 Å². The molecule has 4 heteroatoms. The summed E-state index contributed by atoms with van der Waals surface area (Å²) in [7, 11) is 0. The fraction of sp³-hybridized carbons (Fsp3) is 0.400. The van der Waals surface area contributed by atoms with Gasteiger partial charge in [-0.3, -0.25) is 0 Å². The van der Waals surface area contributed by atoms with Crippen molar-refractivity contribution in [3.05, 3.63) is 29.6 Å². The first-order chi connectivity index (χ1) is 9.13. The Kier molecular flexibility index (Phi) is 4.22. The summed E-state index contributed by atoms with van der Waals surface area (Å²) in [4.78, 5) is 9.50. The van der Waals surface area contributed by atoms with Crippen LogP contribution in [0.15, 0.2) is 23.5 Å². The predicted octanol–water partition coefficient (Wildman–Crippen LogP) is 3.07. The smallest absolute Gasteiger partial charge is 0.137 e. The van der Waals surface area contributed by atoms with Gasteiger partial charge in [-0.05, 0) is 32.2 Å². The van der Waals surface area contributed by atoms with Crippen LogP contribution in [0.3, 0.4) is 0 Å². The summed E-state index contributed by atoms with van der Waals surface area (Å²) in [5.41, 5.74) is 4.39. The van der Waals surface area contributed by atoms with E-state index in [-0.39, 0.29) is 0 Å². The minimum atomic E-state index is 0.790. The number of hydrogen-bond acceptors (Lipinski definition) is 3. The first kappa shape index (κ1) is 13.6. The van der Waals surface area contributed by atoms with Crippen LogP contribution in [0.25, 0.3) is 11.6 Å². The van der Waals surface area contributed by atoms with Gasteiger partial charge in [0.1, 0.15) is 5.82 Å². The molecule has 0 unspecified atom stereocenters. The highest BCUT2D eigenvalue weighted by atomic mass is 16.5. The molecule has 1 saturated heterocycles. The maximum Gasteiger partial charge on any atom is 0.137 e. The van der Waals surface area contributed by atoms with E-state index in [1.54, 1.807) is 0 Å². The minimum absolute atomic E-state index is 0.790. The molecule has 0 aromatic carbocycles. The summed E-state index contributed by atoms with van der Waals surface area (Å²) in [5, 5.41) is 0. The number of aromatic nitrogens is 1. The predicted molar refractivity (Wildman–Crippen MR) is 80.8 cm³/mol. The van der Waals surface area contributed by atoms with Crippen molar-refractivity contribution in [2.45, 2.75) is 13.8 Å². The molecule has 1 aromatic rings. The van der Waals surface area contributed by atoms with Gasteiger partial charge in [0, 0.05) is 36.1 Å². The number of rotatable bonds is 4. The second-order valence-electron chi connectivity index (χ2n) is 4.79. The van der Waals surface area contributed by atoms with Gasteiger partial charge in [-0.2, -0.15) is 0 Å². The van der Waals surface area contributed by atoms with E-state index in [4.69, 9.17) is 4.74 Å². The zero-order valence-corrected chi connectivity index (χ0v) is 11.7. The number of nitrogens with one attached hydrogen (secondary N) is 1. The molecular formula is C15H21N3O. The largest absolute Gasteiger partial charge is 0.378 e. The van der Waals surface area contributed by atoms with Crippen molar-refractivity contribution in [3.63, 3.8) is 0 Å². The number of morpholine rings is 1. The topological polar surface area (TPSA) is 40.6 Å². The van der Waals surface area contributed by atoms with E-state index in [2.05, 4.69) is 41.2 Å². The van der Waals surface area contributed by atoms with Gasteiger partial charge < -0.3 is 14.6 Å². The van der Waals surface area contributed by atoms with E-state index >= 15 is 0 Å². The summed E-state index contributed by atoms with van der Waals surface area (Å²) in [6, 6.07) is 0. The molecule has 1 aliphatic heterocycles. The number of H-pyrrole nitrogens is 1. The van der Waals surface area contributed by atoms with E-state index in [9.17, 15) is 0 Å². The molecular weight excluding hydrogens is 238 g/mol. The van der Waals surface area contributed by atoms with E-state index in [1.807, 2.05) is 13.1 Å². The molecule has 0 saturated carbocycles. The van der Waals surface area contributed by atoms with Gasteiger partial charge in [-0.15, -0.1) is 0 Å². The van der Waals surface area contributed by atoms with Crippen LogP contribution < -0.4 is 0 Å². The molecule has 1 fully saturated rings. The first-order valence-corrected chi connectivity index (χ1v) is 6.48. The lowest BCUT2D eigenvalue weighted by molar-refractivity contribution is 0.0542. The fourth-order valence-corrected chi connectivity index (χ4v) is 2.27. The lowest BCUT2D eigenvalue weighted by Gasteiger charge is -2.29. The van der Waals surface area contributed by atoms with Gasteiger partial charge >= 0.3 is 0 Å². The third-order valence-corrected chi connectivity index (χ3v) is 3.38. The van der Waals surface area contributed by atoms with Crippen LogP contribution in [0.1, 0.15) is 25.0 Å². The Balaban J connectivity index is 2.32. The molecule has 0 bridgehead atoms. The van der Waals surface area contributed by atoms with Crippen LogP contribution in [0, 0.1) is 0 Å². The van der Waals surface area contributed by atoms with Gasteiger partial charge in [0.2, 0.25) is 0 Å². The Labute approximate surface area is 114 Å². The molecule has 0 aliphatic carbocycles. The molecule has 0 amide bonds. The number of nitrogens with zero attached hydrogens (tertiary/aromatic N) is 2. The summed E-state index contributed by atoms with van der Waals surface area (Å²) in [6.07, 6.45) is 4.08. The Hall–Kier alpha value is -1.81. The van der Waals surface area contributed by atoms with Crippen molar-refractivity contribution in [2.75, 3.05) is 26.3 Å². The zero-order chi connectivity index (χ0) is 13.8. The average molecular weight is 259 g/mol. The Morgan fingerprint density at radius 3 is 2.68 bits per heavy atom. The van der Waals surface area contributed by atoms with Crippen LogP contribution in [-0.4, -0.2) is 42.9 Å². The molecule has 1 aromatic heterocycles.